The highest BCUT2D eigenvalue weighted by Gasteiger charge is 2.38. The zero-order chi connectivity index (χ0) is 20.7. The Kier molecular flexibility index (Phi) is 4.55. The van der Waals surface area contributed by atoms with Crippen LogP contribution in [0.1, 0.15) is 60.8 Å². The van der Waals surface area contributed by atoms with Crippen molar-refractivity contribution in [3.05, 3.63) is 71.3 Å². The van der Waals surface area contributed by atoms with Crippen LogP contribution in [0, 0.1) is 11.3 Å². The molecule has 1 saturated carbocycles. The van der Waals surface area contributed by atoms with Gasteiger partial charge in [-0.25, -0.2) is 9.67 Å². The van der Waals surface area contributed by atoms with Crippen LogP contribution in [0.25, 0.3) is 5.69 Å². The van der Waals surface area contributed by atoms with Gasteiger partial charge < -0.3 is 15.0 Å². The molecular weight excluding hydrogens is 376 g/mol. The Morgan fingerprint density at radius 3 is 2.60 bits per heavy atom. The number of imidazole rings is 1. The Labute approximate surface area is 175 Å². The van der Waals surface area contributed by atoms with E-state index in [1.54, 1.807) is 17.2 Å². The molecule has 1 fully saturated rings. The van der Waals surface area contributed by atoms with Crippen LogP contribution in [0.4, 0.5) is 0 Å². The lowest BCUT2D eigenvalue weighted by molar-refractivity contribution is 0.358. The molecule has 5 rings (SSSR count). The van der Waals surface area contributed by atoms with Gasteiger partial charge in [-0.3, -0.25) is 0 Å². The summed E-state index contributed by atoms with van der Waals surface area (Å²) < 4.78 is 9.62. The van der Waals surface area contributed by atoms with Crippen molar-refractivity contribution < 1.29 is 4.74 Å². The van der Waals surface area contributed by atoms with Crippen molar-refractivity contribution >= 4 is 0 Å². The molecule has 152 valence electrons. The van der Waals surface area contributed by atoms with Crippen LogP contribution >= 0.6 is 0 Å². The molecule has 2 aliphatic rings. The summed E-state index contributed by atoms with van der Waals surface area (Å²) in [4.78, 5) is 4.11. The highest BCUT2D eigenvalue weighted by molar-refractivity contribution is 5.57. The number of nitrogens with zero attached hydrogens (tertiary/aromatic N) is 5. The predicted octanol–water partition coefficient (Wildman–Crippen LogP) is 3.87. The maximum Gasteiger partial charge on any atom is 0.224 e. The number of ether oxygens (including phenoxy) is 1. The van der Waals surface area contributed by atoms with Crippen molar-refractivity contribution in [2.24, 2.45) is 12.8 Å². The van der Waals surface area contributed by atoms with Crippen LogP contribution < -0.4 is 10.5 Å². The van der Waals surface area contributed by atoms with Crippen molar-refractivity contribution in [1.29, 1.82) is 5.26 Å². The molecule has 0 amide bonds. The average molecular weight is 400 g/mol. The number of nitriles is 1. The fourth-order valence-electron chi connectivity index (χ4n) is 4.76. The van der Waals surface area contributed by atoms with Crippen LogP contribution in [0.15, 0.2) is 54.4 Å². The van der Waals surface area contributed by atoms with Gasteiger partial charge in [-0.15, -0.1) is 0 Å². The quantitative estimate of drug-likeness (QED) is 0.720. The van der Waals surface area contributed by atoms with Gasteiger partial charge in [0.25, 0.3) is 0 Å². The molecule has 1 aliphatic carbocycles. The monoisotopic (exact) mass is 400 g/mol. The van der Waals surface area contributed by atoms with Gasteiger partial charge in [0.15, 0.2) is 0 Å². The largest absolute Gasteiger partial charge is 0.422 e. The standard InChI is InChI=1S/C23H24N6O/c1-28-23-20(21(27-28)16-5-3-2-4-6-16)19(18(13-24)22(25)30-23)15-7-9-17(10-8-15)29-12-11-26-14-29/h7-12,14,16,19H,2-6,25H2,1H3. The summed E-state index contributed by atoms with van der Waals surface area (Å²) in [5.41, 5.74) is 10.7. The fourth-order valence-corrected chi connectivity index (χ4v) is 4.76. The maximum atomic E-state index is 9.92. The van der Waals surface area contributed by atoms with Gasteiger partial charge in [-0.05, 0) is 30.5 Å². The number of aryl methyl sites for hydroxylation is 1. The first kappa shape index (κ1) is 18.5. The summed E-state index contributed by atoms with van der Waals surface area (Å²) >= 11 is 0. The highest BCUT2D eigenvalue weighted by atomic mass is 16.5. The lowest BCUT2D eigenvalue weighted by Gasteiger charge is -2.27. The van der Waals surface area contributed by atoms with E-state index in [0.717, 1.165) is 35.3 Å². The first-order valence-corrected chi connectivity index (χ1v) is 10.4. The molecule has 3 heterocycles. The summed E-state index contributed by atoms with van der Waals surface area (Å²) in [5.74, 6) is 0.924. The molecule has 7 heteroatoms. The molecule has 2 N–H and O–H groups in total. The highest BCUT2D eigenvalue weighted by Crippen LogP contribution is 2.47. The number of benzene rings is 1. The predicted molar refractivity (Wildman–Crippen MR) is 112 cm³/mol. The Bertz CT molecular complexity index is 1130. The number of hydrogen-bond acceptors (Lipinski definition) is 5. The third kappa shape index (κ3) is 2.96. The number of nitrogens with two attached hydrogens (primary N) is 1. The molecule has 3 aromatic rings. The minimum absolute atomic E-state index is 0.159. The minimum Gasteiger partial charge on any atom is -0.422 e. The number of aromatic nitrogens is 4. The van der Waals surface area contributed by atoms with E-state index >= 15 is 0 Å². The SMILES string of the molecule is Cn1nc(C2CCCCC2)c2c1OC(N)=C(C#N)C2c1ccc(-n2ccnc2)cc1. The minimum atomic E-state index is -0.277. The molecule has 30 heavy (non-hydrogen) atoms. The molecule has 1 atom stereocenters. The normalized spacial score (nSPS) is 19.3. The van der Waals surface area contributed by atoms with Crippen LogP contribution in [0.5, 0.6) is 5.88 Å². The Morgan fingerprint density at radius 1 is 1.17 bits per heavy atom. The van der Waals surface area contributed by atoms with E-state index in [4.69, 9.17) is 15.6 Å². The van der Waals surface area contributed by atoms with Gasteiger partial charge in [0.05, 0.1) is 23.5 Å². The molecular formula is C23H24N6O. The lowest BCUT2D eigenvalue weighted by atomic mass is 9.78. The first-order chi connectivity index (χ1) is 14.7. The first-order valence-electron chi connectivity index (χ1n) is 10.4. The van der Waals surface area contributed by atoms with Gasteiger partial charge >= 0.3 is 0 Å². The number of hydrogen-bond donors (Lipinski definition) is 1. The zero-order valence-electron chi connectivity index (χ0n) is 17.0. The zero-order valence-corrected chi connectivity index (χ0v) is 17.0. The smallest absolute Gasteiger partial charge is 0.224 e. The molecule has 1 aromatic carbocycles. The molecule has 1 aliphatic heterocycles. The van der Waals surface area contributed by atoms with Gasteiger partial charge in [-0.1, -0.05) is 31.4 Å². The Hall–Kier alpha value is -3.53. The number of fused-ring (bicyclic) bond motifs is 1. The third-order valence-electron chi connectivity index (χ3n) is 6.25. The van der Waals surface area contributed by atoms with Crippen molar-refractivity contribution in [2.75, 3.05) is 0 Å². The van der Waals surface area contributed by atoms with Crippen molar-refractivity contribution in [3.8, 4) is 17.6 Å². The van der Waals surface area contributed by atoms with E-state index in [1.807, 2.05) is 29.9 Å². The van der Waals surface area contributed by atoms with Gasteiger partial charge in [-0.2, -0.15) is 10.4 Å². The number of rotatable bonds is 3. The molecule has 2 aromatic heterocycles. The van der Waals surface area contributed by atoms with E-state index < -0.39 is 0 Å². The molecule has 0 spiro atoms. The van der Waals surface area contributed by atoms with E-state index in [1.165, 1.54) is 19.3 Å². The fraction of sp³-hybridized carbons (Fsp3) is 0.348. The van der Waals surface area contributed by atoms with Crippen LogP contribution in [0.3, 0.4) is 0 Å². The topological polar surface area (TPSA) is 94.7 Å². The summed E-state index contributed by atoms with van der Waals surface area (Å²) in [6.45, 7) is 0. The lowest BCUT2D eigenvalue weighted by Crippen LogP contribution is -2.22. The van der Waals surface area contributed by atoms with Gasteiger partial charge in [0.1, 0.15) is 11.6 Å². The van der Waals surface area contributed by atoms with Crippen molar-refractivity contribution in [3.63, 3.8) is 0 Å². The van der Waals surface area contributed by atoms with Crippen molar-refractivity contribution in [1.82, 2.24) is 19.3 Å². The summed E-state index contributed by atoms with van der Waals surface area (Å²) in [5, 5.41) is 14.8. The molecule has 0 radical (unpaired) electrons. The Balaban J connectivity index is 1.63. The summed E-state index contributed by atoms with van der Waals surface area (Å²) in [6.07, 6.45) is 11.4. The van der Waals surface area contributed by atoms with E-state index in [-0.39, 0.29) is 11.8 Å². The Morgan fingerprint density at radius 2 is 1.93 bits per heavy atom. The molecule has 7 nitrogen and oxygen atoms in total. The van der Waals surface area contributed by atoms with Crippen LogP contribution in [0.2, 0.25) is 0 Å². The maximum absolute atomic E-state index is 9.92. The van der Waals surface area contributed by atoms with Crippen LogP contribution in [-0.2, 0) is 7.05 Å². The van der Waals surface area contributed by atoms with Gasteiger partial charge in [0, 0.05) is 31.0 Å². The second-order valence-corrected chi connectivity index (χ2v) is 8.05. The second kappa shape index (κ2) is 7.38. The molecule has 0 saturated heterocycles. The number of allylic oxidation sites excluding steroid dienone is 1. The average Bonchev–Trinajstić information content (AvgIpc) is 3.42. The van der Waals surface area contributed by atoms with E-state index in [2.05, 4.69) is 23.2 Å². The molecule has 0 bridgehead atoms. The summed E-state index contributed by atoms with van der Waals surface area (Å²) in [6, 6.07) is 10.5. The van der Waals surface area contributed by atoms with Crippen LogP contribution in [-0.4, -0.2) is 19.3 Å². The summed E-state index contributed by atoms with van der Waals surface area (Å²) in [7, 11) is 1.88. The van der Waals surface area contributed by atoms with Gasteiger partial charge in [0.2, 0.25) is 11.8 Å². The molecule has 1 unspecified atom stereocenters. The second-order valence-electron chi connectivity index (χ2n) is 8.05. The van der Waals surface area contributed by atoms with E-state index in [9.17, 15) is 5.26 Å². The van der Waals surface area contributed by atoms with E-state index in [0.29, 0.717) is 17.4 Å². The van der Waals surface area contributed by atoms with Crippen molar-refractivity contribution in [2.45, 2.75) is 43.9 Å². The third-order valence-corrected chi connectivity index (χ3v) is 6.25.